The summed E-state index contributed by atoms with van der Waals surface area (Å²) in [5.74, 6) is 1.93. The number of aromatic nitrogens is 7. The molecule has 0 bridgehead atoms. The summed E-state index contributed by atoms with van der Waals surface area (Å²) in [7, 11) is 0. The van der Waals surface area contributed by atoms with Gasteiger partial charge in [-0.05, 0) is 95.9 Å². The molecule has 2 atom stereocenters. The molecule has 0 N–H and O–H groups in total. The van der Waals surface area contributed by atoms with E-state index in [2.05, 4.69) is 255 Å². The summed E-state index contributed by atoms with van der Waals surface area (Å²) in [6, 6.07) is 89.9. The van der Waals surface area contributed by atoms with Gasteiger partial charge in [0.2, 0.25) is 0 Å². The lowest BCUT2D eigenvalue weighted by Crippen LogP contribution is -2.17. The molecule has 2 aliphatic carbocycles. The zero-order valence-corrected chi connectivity index (χ0v) is 44.7. The van der Waals surface area contributed by atoms with Crippen LogP contribution in [0.15, 0.2) is 267 Å². The zero-order valence-electron chi connectivity index (χ0n) is 44.7. The highest BCUT2D eigenvalue weighted by molar-refractivity contribution is 6.14. The first kappa shape index (κ1) is 46.3. The Morgan fingerprint density at radius 1 is 0.329 bits per heavy atom. The maximum absolute atomic E-state index is 5.30. The summed E-state index contributed by atoms with van der Waals surface area (Å²) in [6.45, 7) is 0. The molecule has 0 aliphatic heterocycles. The van der Waals surface area contributed by atoms with Crippen molar-refractivity contribution in [3.8, 4) is 39.6 Å². The molecule has 0 radical (unpaired) electrons. The summed E-state index contributed by atoms with van der Waals surface area (Å²) in [5, 5.41) is 8.74. The lowest BCUT2D eigenvalue weighted by atomic mass is 9.94. The van der Waals surface area contributed by atoms with E-state index in [9.17, 15) is 0 Å². The molecule has 0 fully saturated rings. The van der Waals surface area contributed by atoms with Crippen LogP contribution in [0.1, 0.15) is 35.5 Å². The minimum Gasteiger partial charge on any atom is -0.333 e. The van der Waals surface area contributed by atoms with Gasteiger partial charge in [0.25, 0.3) is 0 Å². The van der Waals surface area contributed by atoms with Gasteiger partial charge in [-0.25, -0.2) is 15.0 Å². The molecule has 0 spiro atoms. The molecule has 17 rings (SSSR count). The Balaban J connectivity index is 0.811. The van der Waals surface area contributed by atoms with Crippen LogP contribution in [0.5, 0.6) is 0 Å². The van der Waals surface area contributed by atoms with Gasteiger partial charge in [0.15, 0.2) is 11.6 Å². The first-order valence-corrected chi connectivity index (χ1v) is 28.4. The van der Waals surface area contributed by atoms with E-state index in [1.165, 1.54) is 104 Å². The van der Waals surface area contributed by atoms with Gasteiger partial charge in [-0.15, -0.1) is 0 Å². The molecular weight excluding hydrogens is 999 g/mol. The van der Waals surface area contributed by atoms with Crippen LogP contribution in [0.25, 0.3) is 133 Å². The van der Waals surface area contributed by atoms with Crippen molar-refractivity contribution < 1.29 is 0 Å². The predicted octanol–water partition coefficient (Wildman–Crippen LogP) is 18.5. The quantitative estimate of drug-likeness (QED) is 0.152. The number of para-hydroxylation sites is 6. The molecule has 5 aromatic heterocycles. The van der Waals surface area contributed by atoms with Crippen molar-refractivity contribution in [1.29, 1.82) is 0 Å². The van der Waals surface area contributed by atoms with E-state index in [-0.39, 0.29) is 12.0 Å². The Labute approximate surface area is 473 Å². The molecule has 2 aliphatic rings. The van der Waals surface area contributed by atoms with Gasteiger partial charge in [0, 0.05) is 89.3 Å². The lowest BCUT2D eigenvalue weighted by Gasteiger charge is -2.27. The Morgan fingerprint density at radius 3 is 1.45 bits per heavy atom. The van der Waals surface area contributed by atoms with Crippen LogP contribution >= 0.6 is 0 Å². The molecule has 7 heteroatoms. The molecule has 0 amide bonds. The van der Waals surface area contributed by atoms with E-state index >= 15 is 0 Å². The van der Waals surface area contributed by atoms with Crippen LogP contribution in [0.2, 0.25) is 0 Å². The Hall–Kier alpha value is -10.6. The number of rotatable bonds is 8. The molecule has 7 nitrogen and oxygen atoms in total. The number of fused-ring (bicyclic) bond motifs is 12. The molecule has 2 unspecified atom stereocenters. The summed E-state index contributed by atoms with van der Waals surface area (Å²) in [4.78, 5) is 15.7. The van der Waals surface area contributed by atoms with Crippen molar-refractivity contribution >= 4 is 93.8 Å². The fourth-order valence-corrected chi connectivity index (χ4v) is 13.7. The van der Waals surface area contributed by atoms with Crippen molar-refractivity contribution in [2.45, 2.75) is 24.8 Å². The Bertz CT molecular complexity index is 5050. The fourth-order valence-electron chi connectivity index (χ4n) is 13.7. The smallest absolute Gasteiger partial charge is 0.163 e. The summed E-state index contributed by atoms with van der Waals surface area (Å²) >= 11 is 0. The summed E-state index contributed by atoms with van der Waals surface area (Å²) in [5.41, 5.74) is 18.7. The molecular formula is C75H51N7. The monoisotopic (exact) mass is 1050 g/mol. The third kappa shape index (κ3) is 7.19. The Morgan fingerprint density at radius 2 is 0.817 bits per heavy atom. The van der Waals surface area contributed by atoms with E-state index in [1.807, 2.05) is 36.4 Å². The third-order valence-electron chi connectivity index (χ3n) is 17.3. The van der Waals surface area contributed by atoms with Crippen LogP contribution in [0, 0.1) is 0 Å². The number of benzene rings is 10. The number of allylic oxidation sites excluding steroid dienone is 5. The van der Waals surface area contributed by atoms with Crippen molar-refractivity contribution in [1.82, 2.24) is 33.2 Å². The number of hydrogen-bond acceptors (Lipinski definition) is 3. The van der Waals surface area contributed by atoms with Gasteiger partial charge < -0.3 is 18.3 Å². The zero-order chi connectivity index (χ0) is 53.8. The second-order valence-electron chi connectivity index (χ2n) is 21.8. The lowest BCUT2D eigenvalue weighted by molar-refractivity contribution is 0.636. The molecule has 10 aromatic carbocycles. The summed E-state index contributed by atoms with van der Waals surface area (Å²) in [6.07, 6.45) is 11.0. The minimum absolute atomic E-state index is 0.0662. The van der Waals surface area contributed by atoms with Gasteiger partial charge >= 0.3 is 0 Å². The van der Waals surface area contributed by atoms with Crippen LogP contribution in [-0.2, 0) is 6.42 Å². The topological polar surface area (TPSA) is 58.4 Å². The van der Waals surface area contributed by atoms with Crippen LogP contribution < -0.4 is 0 Å². The van der Waals surface area contributed by atoms with Gasteiger partial charge in [0.1, 0.15) is 5.82 Å². The molecule has 0 saturated heterocycles. The average Bonchev–Trinajstić information content (AvgIpc) is 2.69. The van der Waals surface area contributed by atoms with Gasteiger partial charge in [0.05, 0.1) is 39.3 Å². The van der Waals surface area contributed by atoms with E-state index in [4.69, 9.17) is 15.0 Å². The van der Waals surface area contributed by atoms with Crippen molar-refractivity contribution in [3.05, 3.63) is 284 Å². The highest BCUT2D eigenvalue weighted by atomic mass is 15.1. The van der Waals surface area contributed by atoms with Gasteiger partial charge in [-0.1, -0.05) is 200 Å². The van der Waals surface area contributed by atoms with E-state index in [0.29, 0.717) is 18.1 Å². The van der Waals surface area contributed by atoms with Gasteiger partial charge in [-0.3, -0.25) is 0 Å². The van der Waals surface area contributed by atoms with E-state index < -0.39 is 0 Å². The van der Waals surface area contributed by atoms with E-state index in [1.54, 1.807) is 0 Å². The first-order valence-electron chi connectivity index (χ1n) is 28.4. The second kappa shape index (κ2) is 18.5. The summed E-state index contributed by atoms with van der Waals surface area (Å²) < 4.78 is 10.0. The van der Waals surface area contributed by atoms with Crippen LogP contribution in [-0.4, -0.2) is 33.2 Å². The molecule has 82 heavy (non-hydrogen) atoms. The SMILES string of the molecule is C1=CC(c2nc(-c3ccccc3)nc(-c3ccccc3)n2)CC(n2c3ccccc3c3ccccc32)=C1n1c2c(c3ccccc31)CC(n1c3ccccc3c3cc(-c4ccc5c6ccccc6n(-c6ccccc6)c5c4)ccc31)C=C2. The maximum atomic E-state index is 5.30. The third-order valence-corrected chi connectivity index (χ3v) is 17.3. The molecule has 15 aromatic rings. The van der Waals surface area contributed by atoms with E-state index in [0.717, 1.165) is 34.8 Å². The maximum Gasteiger partial charge on any atom is 0.163 e. The molecule has 0 saturated carbocycles. The normalized spacial score (nSPS) is 15.3. The van der Waals surface area contributed by atoms with Gasteiger partial charge in [-0.2, -0.15) is 0 Å². The number of hydrogen-bond donors (Lipinski definition) is 0. The van der Waals surface area contributed by atoms with Crippen molar-refractivity contribution in [2.24, 2.45) is 0 Å². The first-order chi connectivity index (χ1) is 40.7. The van der Waals surface area contributed by atoms with Crippen LogP contribution in [0.3, 0.4) is 0 Å². The Kier molecular flexibility index (Phi) is 10.4. The predicted molar refractivity (Wildman–Crippen MR) is 339 cm³/mol. The molecule has 386 valence electrons. The van der Waals surface area contributed by atoms with Crippen molar-refractivity contribution in [3.63, 3.8) is 0 Å². The van der Waals surface area contributed by atoms with Crippen LogP contribution in [0.4, 0.5) is 0 Å². The highest BCUT2D eigenvalue weighted by Crippen LogP contribution is 2.46. The molecule has 5 heterocycles. The average molecular weight is 1050 g/mol. The highest BCUT2D eigenvalue weighted by Gasteiger charge is 2.31. The number of nitrogens with zero attached hydrogens (tertiary/aromatic N) is 7. The standard InChI is InChI=1S/C75H51N7/c1-4-20-48(21-5-1)73-76-74(49-22-6-2-7-23-49)78-75(77-73)52-38-42-70(72(46-52)82-65-33-17-11-26-55(65)56-27-12-18-34-66(56)82)81-67-35-19-14-30-59(67)62-47-54(39-43-69(62)81)80-64-32-16-13-29-58(64)61-44-50(37-41-68(61)80)51-36-40-60-57-28-10-15-31-63(57)79(71(60)45-51)53-24-8-3-9-25-53/h1-45,52,54H,46-47H2. The van der Waals surface area contributed by atoms with Crippen molar-refractivity contribution in [2.75, 3.05) is 0 Å². The fraction of sp³-hybridized carbons (Fsp3) is 0.0533. The minimum atomic E-state index is -0.149. The largest absolute Gasteiger partial charge is 0.333 e. The second-order valence-corrected chi connectivity index (χ2v) is 21.8.